The van der Waals surface area contributed by atoms with Crippen LogP contribution in [-0.4, -0.2) is 25.9 Å². The fourth-order valence-corrected chi connectivity index (χ4v) is 5.44. The van der Waals surface area contributed by atoms with Crippen LogP contribution in [0.15, 0.2) is 36.4 Å². The van der Waals surface area contributed by atoms with E-state index in [1.165, 1.54) is 36.8 Å². The Kier molecular flexibility index (Phi) is 8.88. The Balaban J connectivity index is 1.20. The summed E-state index contributed by atoms with van der Waals surface area (Å²) in [6.45, 7) is 7.86. The van der Waals surface area contributed by atoms with Crippen LogP contribution < -0.4 is 9.47 Å². The number of aryl methyl sites for hydroxylation is 1. The largest absolute Gasteiger partial charge is 0.493 e. The number of hydrogen-bond donors (Lipinski definition) is 0. The van der Waals surface area contributed by atoms with Gasteiger partial charge in [-0.15, -0.1) is 0 Å². The molecule has 2 aliphatic rings. The molecule has 1 aliphatic carbocycles. The number of halogens is 1. The molecule has 1 heterocycles. The molecule has 0 radical (unpaired) electrons. The summed E-state index contributed by atoms with van der Waals surface area (Å²) in [5, 5.41) is 0. The van der Waals surface area contributed by atoms with Crippen molar-refractivity contribution in [3.05, 3.63) is 58.9 Å². The minimum absolute atomic E-state index is 0.310. The minimum atomic E-state index is -0.310. The maximum absolute atomic E-state index is 14.6. The van der Waals surface area contributed by atoms with E-state index < -0.39 is 0 Å². The van der Waals surface area contributed by atoms with Crippen molar-refractivity contribution < 1.29 is 18.6 Å². The summed E-state index contributed by atoms with van der Waals surface area (Å²) < 4.78 is 32.5. The van der Waals surface area contributed by atoms with E-state index >= 15 is 0 Å². The lowest BCUT2D eigenvalue weighted by atomic mass is 9.75. The van der Waals surface area contributed by atoms with Crippen molar-refractivity contribution in [2.45, 2.75) is 84.2 Å². The molecule has 4 heteroatoms. The minimum Gasteiger partial charge on any atom is -0.493 e. The molecule has 2 atom stereocenters. The molecule has 2 unspecified atom stereocenters. The average molecular weight is 469 g/mol. The zero-order valence-corrected chi connectivity index (χ0v) is 21.2. The molecule has 0 bridgehead atoms. The van der Waals surface area contributed by atoms with Crippen LogP contribution in [0.3, 0.4) is 0 Å². The molecule has 2 aromatic carbocycles. The summed E-state index contributed by atoms with van der Waals surface area (Å²) in [5.41, 5.74) is 3.35. The second kappa shape index (κ2) is 12.1. The van der Waals surface area contributed by atoms with E-state index in [-0.39, 0.29) is 5.82 Å². The van der Waals surface area contributed by atoms with Crippen molar-refractivity contribution >= 4 is 0 Å². The van der Waals surface area contributed by atoms with Crippen LogP contribution >= 0.6 is 0 Å². The van der Waals surface area contributed by atoms with E-state index in [0.29, 0.717) is 54.1 Å². The molecule has 2 fully saturated rings. The van der Waals surface area contributed by atoms with Crippen LogP contribution in [0.2, 0.25) is 0 Å². The van der Waals surface area contributed by atoms with Crippen LogP contribution in [0.25, 0.3) is 0 Å². The number of ether oxygens (including phenoxy) is 3. The maximum atomic E-state index is 14.6. The van der Waals surface area contributed by atoms with Gasteiger partial charge in [-0.25, -0.2) is 4.39 Å². The first-order valence-electron chi connectivity index (χ1n) is 13.3. The van der Waals surface area contributed by atoms with Crippen molar-refractivity contribution in [1.29, 1.82) is 0 Å². The SMILES string of the molecule is CCCCOc1ccc(OCC2CCC(C3CCC(c4ccc(C)cc4)CC3)OC2)c(C)c1F. The smallest absolute Gasteiger partial charge is 0.171 e. The van der Waals surface area contributed by atoms with Crippen molar-refractivity contribution in [2.75, 3.05) is 19.8 Å². The molecule has 0 spiro atoms. The Hall–Kier alpha value is -2.07. The zero-order chi connectivity index (χ0) is 23.9. The van der Waals surface area contributed by atoms with E-state index in [9.17, 15) is 4.39 Å². The Morgan fingerprint density at radius 3 is 2.29 bits per heavy atom. The Morgan fingerprint density at radius 1 is 0.882 bits per heavy atom. The van der Waals surface area contributed by atoms with Gasteiger partial charge in [-0.3, -0.25) is 0 Å². The summed E-state index contributed by atoms with van der Waals surface area (Å²) in [7, 11) is 0. The van der Waals surface area contributed by atoms with Crippen LogP contribution in [0.1, 0.15) is 80.9 Å². The fourth-order valence-electron chi connectivity index (χ4n) is 5.44. The lowest BCUT2D eigenvalue weighted by Crippen LogP contribution is -2.35. The Bertz CT molecular complexity index is 894. The van der Waals surface area contributed by atoms with Gasteiger partial charge in [0.15, 0.2) is 11.6 Å². The maximum Gasteiger partial charge on any atom is 0.171 e. The van der Waals surface area contributed by atoms with Crippen LogP contribution in [0.4, 0.5) is 4.39 Å². The van der Waals surface area contributed by atoms with Gasteiger partial charge in [0.25, 0.3) is 0 Å². The first-order valence-corrected chi connectivity index (χ1v) is 13.3. The molecule has 0 N–H and O–H groups in total. The van der Waals surface area contributed by atoms with E-state index in [0.717, 1.165) is 32.3 Å². The Labute approximate surface area is 205 Å². The first-order chi connectivity index (χ1) is 16.5. The second-order valence-corrected chi connectivity index (χ2v) is 10.4. The van der Waals surface area contributed by atoms with Crippen LogP contribution in [-0.2, 0) is 4.74 Å². The highest BCUT2D eigenvalue weighted by Crippen LogP contribution is 2.40. The van der Waals surface area contributed by atoms with Gasteiger partial charge >= 0.3 is 0 Å². The van der Waals surface area contributed by atoms with E-state index in [1.54, 1.807) is 13.0 Å². The van der Waals surface area contributed by atoms with E-state index in [4.69, 9.17) is 14.2 Å². The van der Waals surface area contributed by atoms with E-state index in [2.05, 4.69) is 38.1 Å². The molecular formula is C30H41FO3. The summed E-state index contributed by atoms with van der Waals surface area (Å²) in [6, 6.07) is 12.6. The molecule has 3 nitrogen and oxygen atoms in total. The third-order valence-electron chi connectivity index (χ3n) is 7.78. The van der Waals surface area contributed by atoms with Gasteiger partial charge in [0.2, 0.25) is 0 Å². The van der Waals surface area contributed by atoms with E-state index in [1.807, 2.05) is 6.07 Å². The van der Waals surface area contributed by atoms with Gasteiger partial charge in [-0.2, -0.15) is 0 Å². The van der Waals surface area contributed by atoms with Gasteiger partial charge < -0.3 is 14.2 Å². The molecule has 186 valence electrons. The third kappa shape index (κ3) is 6.33. The van der Waals surface area contributed by atoms with Crippen molar-refractivity contribution in [2.24, 2.45) is 11.8 Å². The summed E-state index contributed by atoms with van der Waals surface area (Å²) in [4.78, 5) is 0. The third-order valence-corrected chi connectivity index (χ3v) is 7.78. The molecule has 1 aliphatic heterocycles. The number of hydrogen-bond acceptors (Lipinski definition) is 3. The molecule has 0 aromatic heterocycles. The second-order valence-electron chi connectivity index (χ2n) is 10.4. The normalized spacial score (nSPS) is 25.2. The summed E-state index contributed by atoms with van der Waals surface area (Å²) >= 11 is 0. The van der Waals surface area contributed by atoms with Gasteiger partial charge in [0.05, 0.1) is 25.9 Å². The lowest BCUT2D eigenvalue weighted by molar-refractivity contribution is -0.0635. The summed E-state index contributed by atoms with van der Waals surface area (Å²) in [5.74, 6) is 2.36. The highest BCUT2D eigenvalue weighted by molar-refractivity contribution is 5.41. The summed E-state index contributed by atoms with van der Waals surface area (Å²) in [6.07, 6.45) is 9.60. The molecule has 34 heavy (non-hydrogen) atoms. The predicted molar refractivity (Wildman–Crippen MR) is 135 cm³/mol. The molecular weight excluding hydrogens is 427 g/mol. The Morgan fingerprint density at radius 2 is 1.62 bits per heavy atom. The highest BCUT2D eigenvalue weighted by Gasteiger charge is 2.32. The molecule has 0 amide bonds. The molecule has 1 saturated carbocycles. The molecule has 2 aromatic rings. The quantitative estimate of drug-likeness (QED) is 0.352. The lowest BCUT2D eigenvalue weighted by Gasteiger charge is -2.38. The number of benzene rings is 2. The predicted octanol–water partition coefficient (Wildman–Crippen LogP) is 7.77. The first kappa shape index (κ1) is 25.0. The van der Waals surface area contributed by atoms with Gasteiger partial charge in [0.1, 0.15) is 5.75 Å². The van der Waals surface area contributed by atoms with Crippen molar-refractivity contribution in [3.63, 3.8) is 0 Å². The molecule has 1 saturated heterocycles. The average Bonchev–Trinajstić information content (AvgIpc) is 2.87. The topological polar surface area (TPSA) is 27.7 Å². The zero-order valence-electron chi connectivity index (χ0n) is 21.2. The van der Waals surface area contributed by atoms with Crippen LogP contribution in [0, 0.1) is 31.5 Å². The standard InChI is InChI=1S/C30H41FO3/c1-4-5-18-32-29-17-16-27(22(3)30(29)31)33-19-23-8-15-28(34-20-23)26-13-11-25(12-14-26)24-9-6-21(2)7-10-24/h6-7,9-10,16-17,23,25-26,28H,4-5,8,11-15,18-20H2,1-3H3. The fraction of sp³-hybridized carbons (Fsp3) is 0.600. The van der Waals surface area contributed by atoms with Crippen molar-refractivity contribution in [1.82, 2.24) is 0 Å². The highest BCUT2D eigenvalue weighted by atomic mass is 19.1. The molecule has 4 rings (SSSR count). The van der Waals surface area contributed by atoms with Gasteiger partial charge in [0, 0.05) is 11.5 Å². The monoisotopic (exact) mass is 468 g/mol. The van der Waals surface area contributed by atoms with Gasteiger partial charge in [-0.05, 0) is 88.3 Å². The van der Waals surface area contributed by atoms with Crippen LogP contribution in [0.5, 0.6) is 11.5 Å². The number of rotatable bonds is 9. The van der Waals surface area contributed by atoms with Crippen molar-refractivity contribution in [3.8, 4) is 11.5 Å². The van der Waals surface area contributed by atoms with Gasteiger partial charge in [-0.1, -0.05) is 43.2 Å². The number of unbranched alkanes of at least 4 members (excludes halogenated alkanes) is 1.